The lowest BCUT2D eigenvalue weighted by atomic mass is 9.80. The van der Waals surface area contributed by atoms with Crippen LogP contribution in [0.25, 0.3) is 0 Å². The van der Waals surface area contributed by atoms with E-state index in [1.807, 2.05) is 26.8 Å². The van der Waals surface area contributed by atoms with Crippen LogP contribution in [0.5, 0.6) is 0 Å². The van der Waals surface area contributed by atoms with E-state index < -0.39 is 47.4 Å². The van der Waals surface area contributed by atoms with Crippen LogP contribution in [-0.2, 0) is 32.0 Å². The minimum Gasteiger partial charge on any atom is -0.449 e. The zero-order chi connectivity index (χ0) is 40.7. The molecule has 3 amide bonds. The summed E-state index contributed by atoms with van der Waals surface area (Å²) in [4.78, 5) is 65.5. The highest BCUT2D eigenvalue weighted by Gasteiger charge is 2.42. The molecule has 54 heavy (non-hydrogen) atoms. The Bertz CT molecular complexity index is 1540. The van der Waals surface area contributed by atoms with Crippen molar-refractivity contribution < 1.29 is 30.4 Å². The van der Waals surface area contributed by atoms with Crippen molar-refractivity contribution in [2.24, 2.45) is 29.1 Å². The van der Waals surface area contributed by atoms with E-state index in [1.165, 1.54) is 6.33 Å². The van der Waals surface area contributed by atoms with Crippen LogP contribution in [0.2, 0.25) is 0 Å². The first-order chi connectivity index (χ1) is 26.0. The number of imidazole rings is 1. The van der Waals surface area contributed by atoms with Gasteiger partial charge in [-0.15, -0.1) is 0 Å². The second kappa shape index (κ2) is 21.9. The zero-order valence-electron chi connectivity index (χ0n) is 35.2. The third kappa shape index (κ3) is 14.5. The fraction of sp³-hybridized carbons (Fsp3) is 0.659. The molecule has 0 radical (unpaired) electrons. The largest absolute Gasteiger partial charge is 0.449 e. The van der Waals surface area contributed by atoms with Gasteiger partial charge in [-0.2, -0.15) is 0 Å². The van der Waals surface area contributed by atoms with E-state index in [4.69, 9.17) is 6.11 Å². The van der Waals surface area contributed by atoms with Crippen molar-refractivity contribution in [3.63, 3.8) is 0 Å². The molecule has 1 heterocycles. The normalized spacial score (nSPS) is 16.7. The van der Waals surface area contributed by atoms with Gasteiger partial charge in [0.2, 0.25) is 5.91 Å². The highest BCUT2D eigenvalue weighted by atomic mass is 16.6. The Labute approximate surface area is 325 Å². The number of aliphatic hydroxyl groups excluding tert-OH is 1. The molecule has 5 atom stereocenters. The molecule has 1 saturated carbocycles. The summed E-state index contributed by atoms with van der Waals surface area (Å²) in [5.74, 6) is -1.75. The molecule has 10 heteroatoms. The maximum Gasteiger partial charge on any atom is 0.416 e. The van der Waals surface area contributed by atoms with E-state index >= 15 is 4.79 Å². The molecular weight excluding hydrogens is 681 g/mol. The predicted molar refractivity (Wildman–Crippen MR) is 213 cm³/mol. The van der Waals surface area contributed by atoms with Gasteiger partial charge in [0.15, 0.2) is 0 Å². The summed E-state index contributed by atoms with van der Waals surface area (Å²) in [6, 6.07) is 5.02. The van der Waals surface area contributed by atoms with Gasteiger partial charge in [-0.3, -0.25) is 14.4 Å². The minimum atomic E-state index is -1.25. The van der Waals surface area contributed by atoms with Gasteiger partial charge >= 0.3 is 6.09 Å². The second-order valence-corrected chi connectivity index (χ2v) is 17.0. The third-order valence-corrected chi connectivity index (χ3v) is 10.6. The number of imide groups is 1. The molecule has 300 valence electrons. The van der Waals surface area contributed by atoms with Crippen molar-refractivity contribution in [3.05, 3.63) is 65.7 Å². The number of hydrogen-bond acceptors (Lipinski definition) is 7. The number of ketones is 1. The maximum atomic E-state index is 15.1. The number of nitrogens with zero attached hydrogens (tertiary/aromatic N) is 2. The summed E-state index contributed by atoms with van der Waals surface area (Å²) in [5.41, 5.74) is 1.70. The van der Waals surface area contributed by atoms with Crippen LogP contribution in [-0.4, -0.2) is 68.5 Å². The molecule has 0 spiro atoms. The SMILES string of the molecule is [3H]c1cccc(C[C@H](CC(=O)C(C)(C)C)C(=O)N[C@@H](Cc2cnc[nH]2)C(=O)N(C(=O)OCCCC)[C@@H](CC2CCCCC2)[C@@H](O)C[C@H](C=C(C)C)C(C)C)c1. The van der Waals surface area contributed by atoms with Gasteiger partial charge in [-0.25, -0.2) is 14.7 Å². The van der Waals surface area contributed by atoms with E-state index in [2.05, 4.69) is 35.2 Å². The lowest BCUT2D eigenvalue weighted by molar-refractivity contribution is -0.141. The summed E-state index contributed by atoms with van der Waals surface area (Å²) in [5, 5.41) is 15.2. The highest BCUT2D eigenvalue weighted by Crippen LogP contribution is 2.33. The number of H-pyrrole nitrogens is 1. The number of carbonyl (C=O) groups is 4. The fourth-order valence-electron chi connectivity index (χ4n) is 7.26. The molecule has 1 aliphatic rings. The van der Waals surface area contributed by atoms with E-state index in [1.54, 1.807) is 45.2 Å². The number of aromatic nitrogens is 2. The third-order valence-electron chi connectivity index (χ3n) is 10.6. The summed E-state index contributed by atoms with van der Waals surface area (Å²) in [6.07, 6.45) is 10.7. The molecule has 1 aromatic carbocycles. The number of ether oxygens (including phenoxy) is 1. The van der Waals surface area contributed by atoms with Crippen LogP contribution in [0, 0.1) is 29.1 Å². The van der Waals surface area contributed by atoms with E-state index in [-0.39, 0.29) is 55.4 Å². The first-order valence-electron chi connectivity index (χ1n) is 20.7. The molecule has 10 nitrogen and oxygen atoms in total. The molecule has 0 unspecified atom stereocenters. The van der Waals surface area contributed by atoms with E-state index in [0.717, 1.165) is 54.6 Å². The molecule has 0 saturated heterocycles. The summed E-state index contributed by atoms with van der Waals surface area (Å²) >= 11 is 0. The molecule has 1 fully saturated rings. The predicted octanol–water partition coefficient (Wildman–Crippen LogP) is 8.39. The average Bonchev–Trinajstić information content (AvgIpc) is 3.63. The molecule has 1 aliphatic carbocycles. The number of aromatic amines is 1. The Balaban J connectivity index is 2.11. The van der Waals surface area contributed by atoms with Gasteiger partial charge in [0.05, 0.1) is 26.5 Å². The van der Waals surface area contributed by atoms with E-state index in [9.17, 15) is 19.5 Å². The van der Waals surface area contributed by atoms with Crippen molar-refractivity contribution in [3.8, 4) is 0 Å². The Kier molecular flexibility index (Phi) is 17.4. The fourth-order valence-corrected chi connectivity index (χ4v) is 7.26. The van der Waals surface area contributed by atoms with Gasteiger partial charge in [0.25, 0.3) is 5.91 Å². The van der Waals surface area contributed by atoms with E-state index in [0.29, 0.717) is 25.0 Å². The number of Topliss-reactive ketones (excluding diaryl/α,β-unsaturated/α-hetero) is 1. The number of rotatable bonds is 20. The quantitative estimate of drug-likeness (QED) is 0.0912. The monoisotopic (exact) mass is 751 g/mol. The summed E-state index contributed by atoms with van der Waals surface area (Å²) in [7, 11) is 0. The number of nitrogens with one attached hydrogen (secondary N) is 2. The van der Waals surface area contributed by atoms with Gasteiger partial charge in [0, 0.05) is 36.1 Å². The maximum absolute atomic E-state index is 15.1. The van der Waals surface area contributed by atoms with Gasteiger partial charge in [0.1, 0.15) is 11.8 Å². The Morgan fingerprint density at radius 3 is 2.43 bits per heavy atom. The number of hydrogen-bond donors (Lipinski definition) is 3. The Morgan fingerprint density at radius 1 is 1.11 bits per heavy atom. The second-order valence-electron chi connectivity index (χ2n) is 17.0. The van der Waals surface area contributed by atoms with Crippen LogP contribution < -0.4 is 5.32 Å². The Hall–Kier alpha value is -3.79. The average molecular weight is 751 g/mol. The van der Waals surface area contributed by atoms with Crippen molar-refractivity contribution in [2.45, 2.75) is 151 Å². The molecule has 2 aromatic rings. The molecule has 1 aromatic heterocycles. The molecular formula is C44H68N4O6. The molecule has 3 N–H and O–H groups in total. The van der Waals surface area contributed by atoms with Gasteiger partial charge in [-0.1, -0.05) is 122 Å². The van der Waals surface area contributed by atoms with Crippen molar-refractivity contribution in [1.82, 2.24) is 20.2 Å². The lowest BCUT2D eigenvalue weighted by Gasteiger charge is -2.38. The minimum absolute atomic E-state index is 0.00532. The lowest BCUT2D eigenvalue weighted by Crippen LogP contribution is -2.59. The number of allylic oxidation sites excluding steroid dienone is 2. The number of amides is 3. The number of carbonyl (C=O) groups excluding carboxylic acids is 4. The van der Waals surface area contributed by atoms with Crippen molar-refractivity contribution in [2.75, 3.05) is 6.61 Å². The van der Waals surface area contributed by atoms with Crippen LogP contribution >= 0.6 is 0 Å². The van der Waals surface area contributed by atoms with Crippen LogP contribution in [0.15, 0.2) is 54.5 Å². The number of benzene rings is 1. The zero-order valence-corrected chi connectivity index (χ0v) is 34.2. The number of aliphatic hydroxyl groups is 1. The number of unbranched alkanes of at least 4 members (excludes halogenated alkanes) is 1. The molecule has 3 rings (SSSR count). The topological polar surface area (TPSA) is 142 Å². The first-order valence-corrected chi connectivity index (χ1v) is 20.2. The summed E-state index contributed by atoms with van der Waals surface area (Å²) in [6.45, 7) is 15.8. The summed E-state index contributed by atoms with van der Waals surface area (Å²) < 4.78 is 13.9. The van der Waals surface area contributed by atoms with Crippen molar-refractivity contribution >= 4 is 23.7 Å². The standard InChI is InChI=1S/C44H68N4O6/c1-9-10-21-54-43(53)48(38(24-33-19-15-12-16-20-33)39(49)25-34(31(4)5)22-30(2)3)42(52)37(27-36-28-45-29-46-36)47-41(51)35(26-40(50)44(6,7)8)23-32-17-13-11-14-18-32/h11,13-14,17-18,22,28-29,31,33-35,37-39,49H,9-10,12,15-16,19-21,23-27H2,1-8H3,(H,45,46)(H,47,51)/t34-,35+,37-,38-,39-/m0/s1/i13T. The van der Waals surface area contributed by atoms with Crippen LogP contribution in [0.1, 0.15) is 132 Å². The molecule has 0 bridgehead atoms. The van der Waals surface area contributed by atoms with Gasteiger partial charge < -0.3 is 20.1 Å². The van der Waals surface area contributed by atoms with Gasteiger partial charge in [-0.05, 0) is 62.8 Å². The first kappa shape index (κ1) is 42.9. The van der Waals surface area contributed by atoms with Crippen molar-refractivity contribution in [1.29, 1.82) is 0 Å². The van der Waals surface area contributed by atoms with Crippen LogP contribution in [0.3, 0.4) is 0 Å². The highest BCUT2D eigenvalue weighted by molar-refractivity contribution is 5.98. The molecule has 0 aliphatic heterocycles. The van der Waals surface area contributed by atoms with Crippen LogP contribution in [0.4, 0.5) is 4.79 Å². The smallest absolute Gasteiger partial charge is 0.416 e. The Morgan fingerprint density at radius 2 is 1.83 bits per heavy atom.